The Labute approximate surface area is 437 Å². The number of para-hydroxylation sites is 4. The van der Waals surface area contributed by atoms with E-state index in [2.05, 4.69) is 20.3 Å². The van der Waals surface area contributed by atoms with Crippen molar-refractivity contribution in [2.75, 3.05) is 26.4 Å². The maximum absolute atomic E-state index is 13.9. The molecule has 5 aliphatic rings. The number of benzene rings is 6. The van der Waals surface area contributed by atoms with Crippen molar-refractivity contribution in [2.24, 2.45) is 10.3 Å². The molecule has 0 amide bonds. The van der Waals surface area contributed by atoms with Crippen molar-refractivity contribution in [1.82, 2.24) is 19.1 Å². The number of nitrogens with zero attached hydrogens (tertiary/aromatic N) is 6. The van der Waals surface area contributed by atoms with Crippen LogP contribution in [0.5, 0.6) is 0 Å². The lowest BCUT2D eigenvalue weighted by Crippen LogP contribution is -2.41. The summed E-state index contributed by atoms with van der Waals surface area (Å²) in [6.07, 6.45) is 0. The van der Waals surface area contributed by atoms with Gasteiger partial charge in [-0.2, -0.15) is 0 Å². The van der Waals surface area contributed by atoms with Crippen LogP contribution in [-0.2, 0) is 19.1 Å². The first-order valence-corrected chi connectivity index (χ1v) is 25.4. The minimum atomic E-state index is -1.42. The van der Waals surface area contributed by atoms with Gasteiger partial charge >= 0.3 is 0 Å². The van der Waals surface area contributed by atoms with Crippen molar-refractivity contribution in [3.05, 3.63) is 186 Å². The molecule has 12 nitrogen and oxygen atoms in total. The number of carbonyl (C=O) groups is 2. The van der Waals surface area contributed by atoms with E-state index in [9.17, 15) is 9.59 Å². The van der Waals surface area contributed by atoms with Crippen LogP contribution in [0.4, 0.5) is 0 Å². The first-order valence-electron chi connectivity index (χ1n) is 21.5. The number of fused-ring (bicyclic) bond motifs is 6. The summed E-state index contributed by atoms with van der Waals surface area (Å²) in [6, 6.07) is 40.0. The van der Waals surface area contributed by atoms with Gasteiger partial charge < -0.3 is 19.1 Å². The number of hydrogen-bond acceptors (Lipinski definition) is 12. The van der Waals surface area contributed by atoms with E-state index in [1.165, 1.54) is 23.5 Å². The Bertz CT molecular complexity index is 3220. The molecule has 352 valence electrons. The van der Waals surface area contributed by atoms with Crippen molar-refractivity contribution in [2.45, 2.75) is 32.0 Å². The van der Waals surface area contributed by atoms with E-state index in [0.29, 0.717) is 85.2 Å². The number of carbonyl (C=O) groups excluding carboxylic acids is 2. The number of imidazole rings is 2. The van der Waals surface area contributed by atoms with Crippen LogP contribution in [-0.4, -0.2) is 78.6 Å². The molecule has 4 atom stereocenters. The molecule has 0 unspecified atom stereocenters. The third-order valence-electron chi connectivity index (χ3n) is 12.0. The minimum absolute atomic E-state index is 0.280. The Balaban J connectivity index is 0.000000136. The molecule has 8 aromatic rings. The molecule has 6 aromatic carbocycles. The van der Waals surface area contributed by atoms with Crippen LogP contribution in [0.25, 0.3) is 22.1 Å². The Morgan fingerprint density at radius 2 is 0.800 bits per heavy atom. The van der Waals surface area contributed by atoms with Gasteiger partial charge in [0.25, 0.3) is 21.7 Å². The minimum Gasteiger partial charge on any atom is -0.377 e. The SMILES string of the molecule is C1COCCO1.O=C1n2c(nc3ccccc32)S[C@@]12ON=C(c1c(Cl)cccc1Cl)[C@@H]2c1ccccc1Cl.O=C1n2c(nc3ccccc32)S[C@]12ON=C(c1c(Cl)cccc1Cl)[C@H]2c1ccccc1Cl. The summed E-state index contributed by atoms with van der Waals surface area (Å²) in [5, 5.41) is 12.4. The van der Waals surface area contributed by atoms with Gasteiger partial charge in [-0.25, -0.2) is 9.97 Å². The van der Waals surface area contributed by atoms with E-state index in [-0.39, 0.29) is 11.8 Å². The van der Waals surface area contributed by atoms with Crippen molar-refractivity contribution in [1.29, 1.82) is 0 Å². The van der Waals surface area contributed by atoms with Crippen LogP contribution in [0.2, 0.25) is 30.1 Å². The Kier molecular flexibility index (Phi) is 12.9. The van der Waals surface area contributed by atoms with E-state index in [0.717, 1.165) is 37.5 Å². The maximum Gasteiger partial charge on any atom is 0.292 e. The smallest absolute Gasteiger partial charge is 0.292 e. The highest BCUT2D eigenvalue weighted by Gasteiger charge is 2.64. The fourth-order valence-electron chi connectivity index (χ4n) is 8.92. The molecule has 0 radical (unpaired) electrons. The number of halogens is 6. The number of aromatic nitrogens is 4. The third kappa shape index (κ3) is 7.88. The van der Waals surface area contributed by atoms with Crippen molar-refractivity contribution in [3.8, 4) is 0 Å². The van der Waals surface area contributed by atoms with Gasteiger partial charge in [-0.05, 0) is 95.3 Å². The standard InChI is InChI=1S/2C23H12Cl3N3O2S.C4H8O2/c2*24-13-7-2-1-6-12(13)19-20(18-14(25)8-5-9-15(18)26)28-31-23(19)21(30)29-17-11-4-3-10-16(17)27-22(29)32-23;1-2-6-4-3-5-1/h2*1-11,19H;1-4H2/t2*19-,23+;/m10./s1. The van der Waals surface area contributed by atoms with Gasteiger partial charge in [-0.15, -0.1) is 0 Å². The second kappa shape index (κ2) is 19.1. The molecule has 0 N–H and O–H groups in total. The third-order valence-corrected chi connectivity index (χ3v) is 16.5. The number of rotatable bonds is 4. The molecule has 5 aliphatic heterocycles. The van der Waals surface area contributed by atoms with E-state index >= 15 is 0 Å². The molecular formula is C50H32Cl6N6O6S2. The lowest BCUT2D eigenvalue weighted by Gasteiger charge is -2.27. The molecule has 0 aliphatic carbocycles. The zero-order valence-corrected chi connectivity index (χ0v) is 42.1. The van der Waals surface area contributed by atoms with Crippen LogP contribution in [0.3, 0.4) is 0 Å². The molecule has 0 bridgehead atoms. The summed E-state index contributed by atoms with van der Waals surface area (Å²) in [5.74, 6) is -1.88. The summed E-state index contributed by atoms with van der Waals surface area (Å²) < 4.78 is 13.0. The lowest BCUT2D eigenvalue weighted by atomic mass is 9.85. The molecule has 1 saturated heterocycles. The number of hydrogen-bond donors (Lipinski definition) is 0. The van der Waals surface area contributed by atoms with Crippen LogP contribution in [0.15, 0.2) is 154 Å². The Hall–Kier alpha value is -5.10. The van der Waals surface area contributed by atoms with Gasteiger partial charge in [-0.3, -0.25) is 18.7 Å². The van der Waals surface area contributed by atoms with E-state index in [1.807, 2.05) is 84.9 Å². The molecule has 7 heterocycles. The molecule has 0 saturated carbocycles. The molecule has 1 fully saturated rings. The number of ether oxygens (including phenoxy) is 2. The van der Waals surface area contributed by atoms with E-state index in [4.69, 9.17) is 88.8 Å². The lowest BCUT2D eigenvalue weighted by molar-refractivity contribution is -0.0334. The van der Waals surface area contributed by atoms with Gasteiger partial charge in [0.2, 0.25) is 0 Å². The highest BCUT2D eigenvalue weighted by Crippen LogP contribution is 2.58. The molecule has 70 heavy (non-hydrogen) atoms. The van der Waals surface area contributed by atoms with Crippen molar-refractivity contribution < 1.29 is 28.7 Å². The highest BCUT2D eigenvalue weighted by atomic mass is 35.5. The highest BCUT2D eigenvalue weighted by molar-refractivity contribution is 8.02. The maximum atomic E-state index is 13.9. The van der Waals surface area contributed by atoms with Gasteiger partial charge in [0.15, 0.2) is 10.3 Å². The monoisotopic (exact) mass is 1090 g/mol. The number of oxime groups is 2. The quantitative estimate of drug-likeness (QED) is 0.168. The summed E-state index contributed by atoms with van der Waals surface area (Å²) >= 11 is 41.7. The summed E-state index contributed by atoms with van der Waals surface area (Å²) in [7, 11) is 0. The van der Waals surface area contributed by atoms with Crippen LogP contribution >= 0.6 is 93.1 Å². The Morgan fingerprint density at radius 3 is 1.17 bits per heavy atom. The van der Waals surface area contributed by atoms with Gasteiger partial charge in [0.1, 0.15) is 11.4 Å². The van der Waals surface area contributed by atoms with Crippen LogP contribution in [0, 0.1) is 0 Å². The first kappa shape index (κ1) is 47.2. The fourth-order valence-corrected chi connectivity index (χ4v) is 13.2. The average molecular weight is 1090 g/mol. The second-order valence-electron chi connectivity index (χ2n) is 16.0. The molecular weight excluding hydrogens is 1060 g/mol. The molecule has 20 heteroatoms. The molecule has 2 aromatic heterocycles. The van der Waals surface area contributed by atoms with Crippen molar-refractivity contribution in [3.63, 3.8) is 0 Å². The summed E-state index contributed by atoms with van der Waals surface area (Å²) in [4.78, 5) is 46.2. The fraction of sp³-hybridized carbons (Fsp3) is 0.160. The second-order valence-corrected chi connectivity index (χ2v) is 20.8. The van der Waals surface area contributed by atoms with Crippen LogP contribution in [0.1, 0.15) is 43.7 Å². The van der Waals surface area contributed by atoms with E-state index < -0.39 is 21.7 Å². The summed E-state index contributed by atoms with van der Waals surface area (Å²) in [5.41, 5.74) is 6.21. The Morgan fingerprint density at radius 1 is 0.457 bits per heavy atom. The zero-order valence-electron chi connectivity index (χ0n) is 35.9. The number of thioether (sulfide) groups is 2. The topological polar surface area (TPSA) is 131 Å². The predicted octanol–water partition coefficient (Wildman–Crippen LogP) is 13.3. The average Bonchev–Trinajstić information content (AvgIpc) is 4.21. The van der Waals surface area contributed by atoms with Crippen LogP contribution < -0.4 is 0 Å². The summed E-state index contributed by atoms with van der Waals surface area (Å²) in [6.45, 7) is 3.11. The van der Waals surface area contributed by atoms with Gasteiger partial charge in [-0.1, -0.05) is 153 Å². The molecule has 13 rings (SSSR count). The predicted molar refractivity (Wildman–Crippen MR) is 276 cm³/mol. The first-order chi connectivity index (χ1) is 34.0. The van der Waals surface area contributed by atoms with Gasteiger partial charge in [0.05, 0.1) is 80.4 Å². The largest absolute Gasteiger partial charge is 0.377 e. The van der Waals surface area contributed by atoms with Gasteiger partial charge in [0, 0.05) is 21.2 Å². The normalized spacial score (nSPS) is 22.0. The van der Waals surface area contributed by atoms with Crippen molar-refractivity contribution >= 4 is 138 Å². The molecule has 2 spiro atoms. The van der Waals surface area contributed by atoms with E-state index in [1.54, 1.807) is 57.7 Å². The zero-order chi connectivity index (χ0) is 48.3.